The lowest BCUT2D eigenvalue weighted by molar-refractivity contribution is 0.0944. The summed E-state index contributed by atoms with van der Waals surface area (Å²) in [6, 6.07) is 0.0393. The third kappa shape index (κ3) is 3.40. The number of allylic oxidation sites excluding steroid dienone is 2. The van der Waals surface area contributed by atoms with Crippen LogP contribution < -0.4 is 10.6 Å². The van der Waals surface area contributed by atoms with Crippen LogP contribution in [-0.2, 0) is 0 Å². The van der Waals surface area contributed by atoms with E-state index in [0.717, 1.165) is 37.0 Å². The largest absolute Gasteiger partial charge is 0.391 e. The summed E-state index contributed by atoms with van der Waals surface area (Å²) in [5, 5.41) is 14.6. The van der Waals surface area contributed by atoms with Crippen molar-refractivity contribution in [1.82, 2.24) is 25.6 Å². The molecule has 1 aliphatic rings. The van der Waals surface area contributed by atoms with Crippen molar-refractivity contribution in [2.24, 2.45) is 0 Å². The quantitative estimate of drug-likeness (QED) is 0.627. The summed E-state index contributed by atoms with van der Waals surface area (Å²) in [4.78, 5) is 24.2. The number of carbonyl (C=O) groups is 1. The first-order valence-electron chi connectivity index (χ1n) is 8.65. The third-order valence-corrected chi connectivity index (χ3v) is 4.37. The van der Waals surface area contributed by atoms with Gasteiger partial charge in [0.25, 0.3) is 5.91 Å². The lowest BCUT2D eigenvalue weighted by Crippen LogP contribution is -2.30. The zero-order valence-corrected chi connectivity index (χ0v) is 14.9. The Hall–Kier alpha value is -2.70. The van der Waals surface area contributed by atoms with Crippen LogP contribution in [0.15, 0.2) is 23.7 Å². The standard InChI is InChI=1S/C18H24N6O/c1-10(2)23-18(25)12-8-21-17-16(12)24-14(9-22-17)15(19)11-6-4-5-7-13(11)20-3/h8-10,19-20H,4-7H2,1-3H3,(H,21,22)(H,23,25). The summed E-state index contributed by atoms with van der Waals surface area (Å²) in [5.41, 5.74) is 4.48. The normalized spacial score (nSPS) is 14.9. The lowest BCUT2D eigenvalue weighted by Gasteiger charge is -2.20. The third-order valence-electron chi connectivity index (χ3n) is 4.37. The zero-order chi connectivity index (χ0) is 18.0. The van der Waals surface area contributed by atoms with E-state index in [1.54, 1.807) is 12.4 Å². The Morgan fingerprint density at radius 1 is 1.32 bits per heavy atom. The summed E-state index contributed by atoms with van der Waals surface area (Å²) < 4.78 is 0. The van der Waals surface area contributed by atoms with Gasteiger partial charge in [-0.15, -0.1) is 0 Å². The molecule has 0 unspecified atom stereocenters. The Morgan fingerprint density at radius 2 is 2.08 bits per heavy atom. The molecule has 132 valence electrons. The van der Waals surface area contributed by atoms with Crippen LogP contribution in [0.25, 0.3) is 11.2 Å². The number of H-pyrrole nitrogens is 1. The van der Waals surface area contributed by atoms with Crippen molar-refractivity contribution in [2.75, 3.05) is 7.05 Å². The van der Waals surface area contributed by atoms with Gasteiger partial charge < -0.3 is 15.6 Å². The molecule has 3 rings (SSSR count). The van der Waals surface area contributed by atoms with Gasteiger partial charge in [-0.05, 0) is 45.1 Å². The molecule has 0 bridgehead atoms. The van der Waals surface area contributed by atoms with E-state index in [4.69, 9.17) is 5.41 Å². The average molecular weight is 340 g/mol. The average Bonchev–Trinajstić information content (AvgIpc) is 3.03. The summed E-state index contributed by atoms with van der Waals surface area (Å²) in [5.74, 6) is -0.188. The summed E-state index contributed by atoms with van der Waals surface area (Å²) in [6.07, 6.45) is 7.24. The number of hydrogen-bond donors (Lipinski definition) is 4. The predicted molar refractivity (Wildman–Crippen MR) is 97.9 cm³/mol. The molecule has 2 aromatic rings. The first kappa shape index (κ1) is 17.1. The Morgan fingerprint density at radius 3 is 2.80 bits per heavy atom. The van der Waals surface area contributed by atoms with Crippen LogP contribution in [-0.4, -0.2) is 39.7 Å². The molecule has 7 nitrogen and oxygen atoms in total. The van der Waals surface area contributed by atoms with Crippen molar-refractivity contribution in [3.63, 3.8) is 0 Å². The first-order chi connectivity index (χ1) is 12.0. The first-order valence-corrected chi connectivity index (χ1v) is 8.65. The lowest BCUT2D eigenvalue weighted by atomic mass is 9.92. The minimum Gasteiger partial charge on any atom is -0.391 e. The summed E-state index contributed by atoms with van der Waals surface area (Å²) in [7, 11) is 1.89. The number of hydrogen-bond acceptors (Lipinski definition) is 5. The minimum atomic E-state index is -0.188. The molecule has 0 saturated heterocycles. The molecule has 4 N–H and O–H groups in total. The van der Waals surface area contributed by atoms with Crippen molar-refractivity contribution in [2.45, 2.75) is 45.6 Å². The van der Waals surface area contributed by atoms with E-state index in [2.05, 4.69) is 25.6 Å². The molecule has 1 aliphatic carbocycles. The van der Waals surface area contributed by atoms with Crippen LogP contribution in [0.4, 0.5) is 0 Å². The van der Waals surface area contributed by atoms with Crippen molar-refractivity contribution in [3.8, 4) is 0 Å². The summed E-state index contributed by atoms with van der Waals surface area (Å²) in [6.45, 7) is 3.82. The number of amides is 1. The maximum absolute atomic E-state index is 12.3. The Balaban J connectivity index is 1.99. The number of carbonyl (C=O) groups excluding carboxylic acids is 1. The molecular weight excluding hydrogens is 316 g/mol. The van der Waals surface area contributed by atoms with Crippen molar-refractivity contribution < 1.29 is 4.79 Å². The fourth-order valence-corrected chi connectivity index (χ4v) is 3.14. The van der Waals surface area contributed by atoms with E-state index in [0.29, 0.717) is 28.1 Å². The fourth-order valence-electron chi connectivity index (χ4n) is 3.14. The van der Waals surface area contributed by atoms with Gasteiger partial charge >= 0.3 is 0 Å². The molecule has 2 aromatic heterocycles. The zero-order valence-electron chi connectivity index (χ0n) is 14.9. The van der Waals surface area contributed by atoms with Gasteiger partial charge in [0.05, 0.1) is 17.5 Å². The van der Waals surface area contributed by atoms with Crippen LogP contribution in [0.2, 0.25) is 0 Å². The number of aromatic nitrogens is 3. The fraction of sp³-hybridized carbons (Fsp3) is 0.444. The Bertz CT molecular complexity index is 848. The minimum absolute atomic E-state index is 0.0393. The van der Waals surface area contributed by atoms with Crippen molar-refractivity contribution >= 4 is 22.8 Å². The molecule has 7 heteroatoms. The highest BCUT2D eigenvalue weighted by Crippen LogP contribution is 2.26. The van der Waals surface area contributed by atoms with Gasteiger partial charge in [0.1, 0.15) is 11.2 Å². The molecule has 0 saturated carbocycles. The van der Waals surface area contributed by atoms with Gasteiger partial charge in [-0.1, -0.05) is 0 Å². The van der Waals surface area contributed by atoms with Gasteiger partial charge in [-0.3, -0.25) is 10.2 Å². The molecule has 2 heterocycles. The smallest absolute Gasteiger partial charge is 0.255 e. The molecule has 0 aliphatic heterocycles. The molecule has 0 fully saturated rings. The van der Waals surface area contributed by atoms with E-state index in [1.165, 1.54) is 0 Å². The van der Waals surface area contributed by atoms with Gasteiger partial charge in [-0.2, -0.15) is 0 Å². The van der Waals surface area contributed by atoms with E-state index in [1.807, 2.05) is 20.9 Å². The van der Waals surface area contributed by atoms with E-state index >= 15 is 0 Å². The monoisotopic (exact) mass is 340 g/mol. The molecule has 25 heavy (non-hydrogen) atoms. The molecule has 0 radical (unpaired) electrons. The van der Waals surface area contributed by atoms with Crippen LogP contribution in [0.1, 0.15) is 55.6 Å². The summed E-state index contributed by atoms with van der Waals surface area (Å²) >= 11 is 0. The van der Waals surface area contributed by atoms with E-state index in [-0.39, 0.29) is 11.9 Å². The number of nitrogens with zero attached hydrogens (tertiary/aromatic N) is 2. The topological polar surface area (TPSA) is 107 Å². The second-order valence-corrected chi connectivity index (χ2v) is 6.57. The van der Waals surface area contributed by atoms with Crippen molar-refractivity contribution in [1.29, 1.82) is 5.41 Å². The van der Waals surface area contributed by atoms with Gasteiger partial charge in [0, 0.05) is 25.0 Å². The second-order valence-electron chi connectivity index (χ2n) is 6.57. The van der Waals surface area contributed by atoms with Gasteiger partial charge in [0.15, 0.2) is 5.65 Å². The van der Waals surface area contributed by atoms with Gasteiger partial charge in [-0.25, -0.2) is 9.97 Å². The molecule has 0 spiro atoms. The van der Waals surface area contributed by atoms with E-state index in [9.17, 15) is 4.79 Å². The Kier molecular flexibility index (Phi) is 4.83. The maximum Gasteiger partial charge on any atom is 0.255 e. The van der Waals surface area contributed by atoms with E-state index < -0.39 is 0 Å². The van der Waals surface area contributed by atoms with Crippen LogP contribution in [0.3, 0.4) is 0 Å². The second kappa shape index (κ2) is 7.04. The number of fused-ring (bicyclic) bond motifs is 1. The molecule has 1 amide bonds. The predicted octanol–water partition coefficient (Wildman–Crippen LogP) is 2.51. The van der Waals surface area contributed by atoms with Crippen molar-refractivity contribution in [3.05, 3.63) is 34.9 Å². The number of rotatable bonds is 5. The number of nitrogens with one attached hydrogen (secondary N) is 4. The van der Waals surface area contributed by atoms with Crippen LogP contribution in [0, 0.1) is 5.41 Å². The SMILES string of the molecule is CNC1=C(C(=N)c2cnc3[nH]cc(C(=O)NC(C)C)c3n2)CCCC1. The Labute approximate surface area is 146 Å². The number of aromatic amines is 1. The highest BCUT2D eigenvalue weighted by Gasteiger charge is 2.20. The highest BCUT2D eigenvalue weighted by atomic mass is 16.1. The van der Waals surface area contributed by atoms with Crippen LogP contribution >= 0.6 is 0 Å². The van der Waals surface area contributed by atoms with Gasteiger partial charge in [0.2, 0.25) is 0 Å². The molecular formula is C18H24N6O. The maximum atomic E-state index is 12.3. The molecule has 0 atom stereocenters. The van der Waals surface area contributed by atoms with Crippen LogP contribution in [0.5, 0.6) is 0 Å². The highest BCUT2D eigenvalue weighted by molar-refractivity contribution is 6.11. The molecule has 0 aromatic carbocycles.